The maximum absolute atomic E-state index is 12.5. The number of aromatic nitrogens is 1. The monoisotopic (exact) mass is 187 g/mol. The van der Waals surface area contributed by atoms with Crippen LogP contribution in [-0.2, 0) is 6.54 Å². The topological polar surface area (TPSA) is 64.9 Å². The number of aryl methyl sites for hydroxylation is 1. The van der Waals surface area contributed by atoms with Crippen molar-refractivity contribution in [3.05, 3.63) is 23.0 Å². The molecule has 0 aliphatic carbocycles. The second-order valence-corrected chi connectivity index (χ2v) is 2.72. The zero-order chi connectivity index (χ0) is 10.0. The molecule has 0 aliphatic rings. The number of anilines is 1. The SMILES string of the molecule is Cc1cnc(CN)c(C(F)F)c1N. The molecule has 4 N–H and O–H groups in total. The van der Waals surface area contributed by atoms with Crippen molar-refractivity contribution in [2.75, 3.05) is 5.73 Å². The van der Waals surface area contributed by atoms with Crippen molar-refractivity contribution in [2.24, 2.45) is 5.73 Å². The van der Waals surface area contributed by atoms with Crippen LogP contribution in [0.5, 0.6) is 0 Å². The third-order valence-corrected chi connectivity index (χ3v) is 1.85. The highest BCUT2D eigenvalue weighted by molar-refractivity contribution is 5.54. The first-order valence-corrected chi connectivity index (χ1v) is 3.80. The molecule has 0 atom stereocenters. The van der Waals surface area contributed by atoms with Crippen LogP contribution in [0.25, 0.3) is 0 Å². The molecule has 0 saturated heterocycles. The van der Waals surface area contributed by atoms with E-state index in [0.29, 0.717) is 5.56 Å². The number of nitrogens with zero attached hydrogens (tertiary/aromatic N) is 1. The Hall–Kier alpha value is -1.23. The fraction of sp³-hybridized carbons (Fsp3) is 0.375. The van der Waals surface area contributed by atoms with E-state index in [1.807, 2.05) is 0 Å². The van der Waals surface area contributed by atoms with Crippen LogP contribution in [0.1, 0.15) is 23.2 Å². The van der Waals surface area contributed by atoms with Gasteiger partial charge in [-0.2, -0.15) is 0 Å². The molecule has 72 valence electrons. The number of rotatable bonds is 2. The van der Waals surface area contributed by atoms with Crippen LogP contribution in [0, 0.1) is 6.92 Å². The van der Waals surface area contributed by atoms with E-state index in [9.17, 15) is 8.78 Å². The summed E-state index contributed by atoms with van der Waals surface area (Å²) in [6.45, 7) is 1.61. The van der Waals surface area contributed by atoms with E-state index in [1.165, 1.54) is 6.20 Å². The van der Waals surface area contributed by atoms with E-state index in [2.05, 4.69) is 4.98 Å². The third-order valence-electron chi connectivity index (χ3n) is 1.85. The molecule has 0 fully saturated rings. The maximum Gasteiger partial charge on any atom is 0.267 e. The summed E-state index contributed by atoms with van der Waals surface area (Å²) in [4.78, 5) is 3.79. The Morgan fingerprint density at radius 2 is 2.15 bits per heavy atom. The van der Waals surface area contributed by atoms with Crippen LogP contribution in [0.4, 0.5) is 14.5 Å². The Balaban J connectivity index is 3.32. The quantitative estimate of drug-likeness (QED) is 0.734. The highest BCUT2D eigenvalue weighted by atomic mass is 19.3. The average Bonchev–Trinajstić information content (AvgIpc) is 2.08. The summed E-state index contributed by atoms with van der Waals surface area (Å²) in [7, 11) is 0. The van der Waals surface area contributed by atoms with Crippen molar-refractivity contribution in [1.29, 1.82) is 0 Å². The molecule has 1 rings (SSSR count). The van der Waals surface area contributed by atoms with Crippen molar-refractivity contribution in [2.45, 2.75) is 19.9 Å². The van der Waals surface area contributed by atoms with E-state index in [0.717, 1.165) is 0 Å². The number of hydrogen-bond acceptors (Lipinski definition) is 3. The normalized spacial score (nSPS) is 10.8. The minimum atomic E-state index is -2.62. The van der Waals surface area contributed by atoms with Crippen molar-refractivity contribution in [3.63, 3.8) is 0 Å². The molecule has 5 heteroatoms. The number of pyridine rings is 1. The fourth-order valence-electron chi connectivity index (χ4n) is 1.09. The summed E-state index contributed by atoms with van der Waals surface area (Å²) in [6, 6.07) is 0. The Labute approximate surface area is 74.8 Å². The molecule has 1 heterocycles. The highest BCUT2D eigenvalue weighted by Crippen LogP contribution is 2.29. The molecule has 0 aliphatic heterocycles. The highest BCUT2D eigenvalue weighted by Gasteiger charge is 2.18. The maximum atomic E-state index is 12.5. The molecule has 3 nitrogen and oxygen atoms in total. The minimum absolute atomic E-state index is 0.0237. The fourth-order valence-corrected chi connectivity index (χ4v) is 1.09. The number of hydrogen-bond donors (Lipinski definition) is 2. The van der Waals surface area contributed by atoms with E-state index < -0.39 is 6.43 Å². The van der Waals surface area contributed by atoms with Crippen LogP contribution in [-0.4, -0.2) is 4.98 Å². The van der Waals surface area contributed by atoms with Gasteiger partial charge in [-0.15, -0.1) is 0 Å². The second kappa shape index (κ2) is 3.66. The van der Waals surface area contributed by atoms with Crippen LogP contribution in [0.15, 0.2) is 6.20 Å². The minimum Gasteiger partial charge on any atom is -0.398 e. The van der Waals surface area contributed by atoms with E-state index in [-0.39, 0.29) is 23.5 Å². The molecular formula is C8H11F2N3. The summed E-state index contributed by atoms with van der Waals surface area (Å²) in [5, 5.41) is 0. The van der Waals surface area contributed by atoms with Crippen molar-refractivity contribution >= 4 is 5.69 Å². The van der Waals surface area contributed by atoms with Gasteiger partial charge in [-0.1, -0.05) is 0 Å². The number of nitrogens with two attached hydrogens (primary N) is 2. The Morgan fingerprint density at radius 1 is 1.54 bits per heavy atom. The smallest absolute Gasteiger partial charge is 0.267 e. The van der Waals surface area contributed by atoms with Crippen molar-refractivity contribution < 1.29 is 8.78 Å². The zero-order valence-corrected chi connectivity index (χ0v) is 7.22. The van der Waals surface area contributed by atoms with Gasteiger partial charge < -0.3 is 11.5 Å². The molecule has 0 amide bonds. The van der Waals surface area contributed by atoms with E-state index in [4.69, 9.17) is 11.5 Å². The molecule has 0 spiro atoms. The standard InChI is InChI=1S/C8H11F2N3/c1-4-3-13-5(2-11)6(7(4)12)8(9)10/h3,8H,2,11H2,1H3,(H2,12,13). The van der Waals surface area contributed by atoms with Crippen LogP contribution < -0.4 is 11.5 Å². The molecule has 0 saturated carbocycles. The average molecular weight is 187 g/mol. The molecular weight excluding hydrogens is 176 g/mol. The lowest BCUT2D eigenvalue weighted by atomic mass is 10.1. The molecule has 1 aromatic rings. The summed E-state index contributed by atoms with van der Waals surface area (Å²) in [5.41, 5.74) is 11.3. The van der Waals surface area contributed by atoms with Gasteiger partial charge in [0.15, 0.2) is 0 Å². The molecule has 0 radical (unpaired) electrons. The lowest BCUT2D eigenvalue weighted by molar-refractivity contribution is 0.150. The predicted octanol–water partition coefficient (Wildman–Crippen LogP) is 1.37. The summed E-state index contributed by atoms with van der Waals surface area (Å²) in [6.07, 6.45) is -1.17. The summed E-state index contributed by atoms with van der Waals surface area (Å²) < 4.78 is 25.0. The predicted molar refractivity (Wildman–Crippen MR) is 46.2 cm³/mol. The van der Waals surface area contributed by atoms with E-state index >= 15 is 0 Å². The lowest BCUT2D eigenvalue weighted by Crippen LogP contribution is -2.09. The third kappa shape index (κ3) is 1.75. The van der Waals surface area contributed by atoms with Gasteiger partial charge in [0.05, 0.1) is 11.3 Å². The lowest BCUT2D eigenvalue weighted by Gasteiger charge is -2.10. The van der Waals surface area contributed by atoms with Gasteiger partial charge in [-0.05, 0) is 12.5 Å². The second-order valence-electron chi connectivity index (χ2n) is 2.72. The van der Waals surface area contributed by atoms with Gasteiger partial charge in [0.25, 0.3) is 6.43 Å². The number of alkyl halides is 2. The summed E-state index contributed by atoms with van der Waals surface area (Å²) in [5.74, 6) is 0. The first-order chi connectivity index (χ1) is 6.07. The van der Waals surface area contributed by atoms with Crippen molar-refractivity contribution in [1.82, 2.24) is 4.98 Å². The van der Waals surface area contributed by atoms with Gasteiger partial charge in [0, 0.05) is 18.4 Å². The molecule has 0 bridgehead atoms. The number of nitrogen functional groups attached to an aromatic ring is 1. The van der Waals surface area contributed by atoms with E-state index in [1.54, 1.807) is 6.92 Å². The van der Waals surface area contributed by atoms with Crippen LogP contribution in [0.2, 0.25) is 0 Å². The van der Waals surface area contributed by atoms with Gasteiger partial charge >= 0.3 is 0 Å². The van der Waals surface area contributed by atoms with Gasteiger partial charge in [0.1, 0.15) is 0 Å². The zero-order valence-electron chi connectivity index (χ0n) is 7.22. The Kier molecular flexibility index (Phi) is 2.77. The molecule has 13 heavy (non-hydrogen) atoms. The molecule has 0 aromatic carbocycles. The van der Waals surface area contributed by atoms with Crippen LogP contribution >= 0.6 is 0 Å². The van der Waals surface area contributed by atoms with Gasteiger partial charge in [0.2, 0.25) is 0 Å². The van der Waals surface area contributed by atoms with Gasteiger partial charge in [-0.3, -0.25) is 4.98 Å². The van der Waals surface area contributed by atoms with Crippen LogP contribution in [0.3, 0.4) is 0 Å². The summed E-state index contributed by atoms with van der Waals surface area (Å²) >= 11 is 0. The Morgan fingerprint density at radius 3 is 2.62 bits per heavy atom. The molecule has 1 aromatic heterocycles. The largest absolute Gasteiger partial charge is 0.398 e. The van der Waals surface area contributed by atoms with Crippen molar-refractivity contribution in [3.8, 4) is 0 Å². The Bertz CT molecular complexity index is 313. The first-order valence-electron chi connectivity index (χ1n) is 3.80. The van der Waals surface area contributed by atoms with Gasteiger partial charge in [-0.25, -0.2) is 8.78 Å². The first kappa shape index (κ1) is 9.85. The molecule has 0 unspecified atom stereocenters. The number of halogens is 2.